The number of halogens is 1. The summed E-state index contributed by atoms with van der Waals surface area (Å²) >= 11 is 3.46. The average molecular weight is 561 g/mol. The van der Waals surface area contributed by atoms with Gasteiger partial charge in [-0.1, -0.05) is 47.0 Å². The molecular weight excluding hydrogens is 526 g/mol. The van der Waals surface area contributed by atoms with Crippen LogP contribution in [0.2, 0.25) is 0 Å². The number of unbranched alkanes of at least 4 members (excludes halogenated alkanes) is 3. The van der Waals surface area contributed by atoms with Gasteiger partial charge >= 0.3 is 0 Å². The number of fused-ring (bicyclic) bond motifs is 2. The monoisotopic (exact) mass is 559 g/mol. The summed E-state index contributed by atoms with van der Waals surface area (Å²) in [7, 11) is 2.08. The van der Waals surface area contributed by atoms with Crippen LogP contribution in [-0.4, -0.2) is 30.5 Å². The smallest absolute Gasteiger partial charge is 0.211 e. The van der Waals surface area contributed by atoms with Crippen LogP contribution in [0.3, 0.4) is 0 Å². The summed E-state index contributed by atoms with van der Waals surface area (Å²) < 4.78 is 12.6. The molecule has 192 valence electrons. The maximum atomic E-state index is 13.2. The Hall–Kier alpha value is -3.05. The molecule has 0 saturated carbocycles. The van der Waals surface area contributed by atoms with E-state index in [0.29, 0.717) is 17.7 Å². The quantitative estimate of drug-likeness (QED) is 0.152. The van der Waals surface area contributed by atoms with E-state index in [0.717, 1.165) is 28.8 Å². The summed E-state index contributed by atoms with van der Waals surface area (Å²) in [5, 5.41) is 1.06. The predicted molar refractivity (Wildman–Crippen MR) is 154 cm³/mol. The lowest BCUT2D eigenvalue weighted by atomic mass is 9.76. The highest BCUT2D eigenvalue weighted by atomic mass is 79.9. The van der Waals surface area contributed by atoms with Gasteiger partial charge in [0, 0.05) is 34.8 Å². The van der Waals surface area contributed by atoms with Crippen molar-refractivity contribution in [1.29, 1.82) is 0 Å². The standard InChI is InChI=1S/C32H34BrNO3/c1-31(2)27-10-6-7-11-28(27)34(3)32(31)19-18-24-22-25(14-17-29(24)37-32)30(35)23-12-15-26(16-13-23)36-21-9-5-4-8-20-33/h6-7,10-19,22H,4-5,8-9,20-21H2,1-3H3. The minimum absolute atomic E-state index is 0.0106. The Labute approximate surface area is 228 Å². The first-order chi connectivity index (χ1) is 17.9. The fraction of sp³-hybridized carbons (Fsp3) is 0.344. The van der Waals surface area contributed by atoms with Crippen molar-refractivity contribution in [3.8, 4) is 11.5 Å². The summed E-state index contributed by atoms with van der Waals surface area (Å²) in [5.41, 5.74) is 3.77. The van der Waals surface area contributed by atoms with Crippen molar-refractivity contribution in [3.63, 3.8) is 0 Å². The molecule has 0 bridgehead atoms. The van der Waals surface area contributed by atoms with Crippen LogP contribution in [0, 0.1) is 0 Å². The Morgan fingerprint density at radius 2 is 1.68 bits per heavy atom. The van der Waals surface area contributed by atoms with Crippen molar-refractivity contribution in [2.75, 3.05) is 23.9 Å². The van der Waals surface area contributed by atoms with Gasteiger partial charge in [-0.05, 0) is 92.9 Å². The number of hydrogen-bond donors (Lipinski definition) is 0. The first kappa shape index (κ1) is 25.6. The Morgan fingerprint density at radius 3 is 2.43 bits per heavy atom. The molecule has 2 aliphatic heterocycles. The summed E-state index contributed by atoms with van der Waals surface area (Å²) in [5.74, 6) is 1.57. The van der Waals surface area contributed by atoms with Crippen LogP contribution in [0.5, 0.6) is 11.5 Å². The molecule has 5 heteroatoms. The minimum atomic E-state index is -0.626. The molecule has 0 aromatic heterocycles. The second-order valence-electron chi connectivity index (χ2n) is 10.4. The van der Waals surface area contributed by atoms with Gasteiger partial charge in [-0.3, -0.25) is 4.79 Å². The number of anilines is 1. The lowest BCUT2D eigenvalue weighted by Gasteiger charge is -2.45. The Morgan fingerprint density at radius 1 is 0.946 bits per heavy atom. The summed E-state index contributed by atoms with van der Waals surface area (Å²) in [4.78, 5) is 15.5. The Bertz CT molecular complexity index is 1310. The van der Waals surface area contributed by atoms with Crippen molar-refractivity contribution < 1.29 is 14.3 Å². The molecule has 4 nitrogen and oxygen atoms in total. The number of alkyl halides is 1. The molecule has 1 atom stereocenters. The number of rotatable bonds is 9. The van der Waals surface area contributed by atoms with E-state index in [1.807, 2.05) is 42.5 Å². The van der Waals surface area contributed by atoms with Crippen molar-refractivity contribution in [1.82, 2.24) is 0 Å². The number of nitrogens with zero attached hydrogens (tertiary/aromatic N) is 1. The predicted octanol–water partition coefficient (Wildman–Crippen LogP) is 7.78. The van der Waals surface area contributed by atoms with Gasteiger partial charge < -0.3 is 14.4 Å². The summed E-state index contributed by atoms with van der Waals surface area (Å²) in [6.45, 7) is 5.15. The van der Waals surface area contributed by atoms with Gasteiger partial charge in [0.1, 0.15) is 11.5 Å². The molecule has 0 saturated heterocycles. The lowest BCUT2D eigenvalue weighted by molar-refractivity contribution is 0.0581. The van der Waals surface area contributed by atoms with E-state index in [9.17, 15) is 4.79 Å². The van der Waals surface area contributed by atoms with Crippen LogP contribution < -0.4 is 14.4 Å². The van der Waals surface area contributed by atoms with Crippen LogP contribution in [0.4, 0.5) is 5.69 Å². The van der Waals surface area contributed by atoms with Gasteiger partial charge in [-0.25, -0.2) is 0 Å². The molecule has 0 amide bonds. The second kappa shape index (κ2) is 10.4. The number of para-hydroxylation sites is 1. The first-order valence-electron chi connectivity index (χ1n) is 13.1. The first-order valence-corrected chi connectivity index (χ1v) is 14.2. The molecule has 0 N–H and O–H groups in total. The molecule has 37 heavy (non-hydrogen) atoms. The molecule has 1 unspecified atom stereocenters. The Kier molecular flexibility index (Phi) is 7.17. The van der Waals surface area contributed by atoms with Gasteiger partial charge in [0.05, 0.1) is 12.0 Å². The van der Waals surface area contributed by atoms with Crippen molar-refractivity contribution in [3.05, 3.63) is 95.1 Å². The zero-order chi connectivity index (χ0) is 26.0. The number of carbonyl (C=O) groups excluding carboxylic acids is 1. The van der Waals surface area contributed by atoms with E-state index in [1.54, 1.807) is 0 Å². The van der Waals surface area contributed by atoms with E-state index in [4.69, 9.17) is 9.47 Å². The second-order valence-corrected chi connectivity index (χ2v) is 11.2. The van der Waals surface area contributed by atoms with E-state index in [2.05, 4.69) is 78.1 Å². The van der Waals surface area contributed by atoms with Gasteiger partial charge in [0.15, 0.2) is 5.78 Å². The Balaban J connectivity index is 1.29. The molecule has 1 spiro atoms. The van der Waals surface area contributed by atoms with Crippen LogP contribution in [0.25, 0.3) is 6.08 Å². The number of ether oxygens (including phenoxy) is 2. The normalized spacial score (nSPS) is 18.9. The maximum absolute atomic E-state index is 13.2. The fourth-order valence-electron chi connectivity index (χ4n) is 5.53. The van der Waals surface area contributed by atoms with Crippen molar-refractivity contribution in [2.24, 2.45) is 0 Å². The molecule has 2 aliphatic rings. The van der Waals surface area contributed by atoms with Gasteiger partial charge in [-0.15, -0.1) is 0 Å². The van der Waals surface area contributed by atoms with Crippen LogP contribution in [-0.2, 0) is 5.41 Å². The highest BCUT2D eigenvalue weighted by Crippen LogP contribution is 2.54. The topological polar surface area (TPSA) is 38.8 Å². The number of ketones is 1. The van der Waals surface area contributed by atoms with Crippen LogP contribution in [0.15, 0.2) is 72.8 Å². The fourth-order valence-corrected chi connectivity index (χ4v) is 5.93. The molecular formula is C32H34BrNO3. The van der Waals surface area contributed by atoms with E-state index in [-0.39, 0.29) is 11.2 Å². The number of hydrogen-bond acceptors (Lipinski definition) is 4. The number of benzene rings is 3. The van der Waals surface area contributed by atoms with Gasteiger partial charge in [0.25, 0.3) is 0 Å². The van der Waals surface area contributed by atoms with Crippen LogP contribution >= 0.6 is 15.9 Å². The number of carbonyl (C=O) groups is 1. The van der Waals surface area contributed by atoms with Crippen molar-refractivity contribution >= 4 is 33.5 Å². The maximum Gasteiger partial charge on any atom is 0.211 e. The molecule has 0 fully saturated rings. The average Bonchev–Trinajstić information content (AvgIpc) is 3.08. The molecule has 3 aromatic carbocycles. The van der Waals surface area contributed by atoms with E-state index >= 15 is 0 Å². The highest BCUT2D eigenvalue weighted by molar-refractivity contribution is 9.09. The number of likely N-dealkylation sites (N-methyl/N-ethyl adjacent to an activating group) is 1. The zero-order valence-corrected chi connectivity index (χ0v) is 23.4. The SMILES string of the molecule is CN1c2ccccc2C(C)(C)C12C=Cc1cc(C(=O)c3ccc(OCCCCCCBr)cc3)ccc1O2. The summed E-state index contributed by atoms with van der Waals surface area (Å²) in [6, 6.07) is 21.6. The third-order valence-electron chi connectivity index (χ3n) is 7.77. The van der Waals surface area contributed by atoms with Gasteiger partial charge in [0.2, 0.25) is 5.72 Å². The molecule has 2 heterocycles. The minimum Gasteiger partial charge on any atom is -0.494 e. The van der Waals surface area contributed by atoms with Gasteiger partial charge in [-0.2, -0.15) is 0 Å². The zero-order valence-electron chi connectivity index (χ0n) is 21.8. The largest absolute Gasteiger partial charge is 0.494 e. The van der Waals surface area contributed by atoms with E-state index < -0.39 is 5.72 Å². The molecule has 5 rings (SSSR count). The van der Waals surface area contributed by atoms with E-state index in [1.165, 1.54) is 30.5 Å². The molecule has 0 aliphatic carbocycles. The third kappa shape index (κ3) is 4.59. The lowest BCUT2D eigenvalue weighted by Crippen LogP contribution is -2.58. The highest BCUT2D eigenvalue weighted by Gasteiger charge is 2.57. The molecule has 0 radical (unpaired) electrons. The third-order valence-corrected chi connectivity index (χ3v) is 8.33. The summed E-state index contributed by atoms with van der Waals surface area (Å²) in [6.07, 6.45) is 8.85. The van der Waals surface area contributed by atoms with Crippen molar-refractivity contribution in [2.45, 2.75) is 50.7 Å². The molecule has 3 aromatic rings. The van der Waals surface area contributed by atoms with Crippen LogP contribution in [0.1, 0.15) is 66.6 Å².